The van der Waals surface area contributed by atoms with Crippen molar-refractivity contribution in [1.29, 1.82) is 0 Å². The van der Waals surface area contributed by atoms with E-state index in [1.807, 2.05) is 0 Å². The van der Waals surface area contributed by atoms with Crippen LogP contribution in [0.4, 0.5) is 8.78 Å². The molecule has 18 atom stereocenters. The van der Waals surface area contributed by atoms with Gasteiger partial charge in [-0.05, 0) is 39.6 Å². The van der Waals surface area contributed by atoms with Crippen molar-refractivity contribution in [1.82, 2.24) is 0 Å². The number of carbonyl (C=O) groups is 1. The lowest BCUT2D eigenvalue weighted by molar-refractivity contribution is -0.330. The molecule has 0 aromatic carbocycles. The molecule has 0 bridgehead atoms. The summed E-state index contributed by atoms with van der Waals surface area (Å²) in [5, 5.41) is 74.4. The highest BCUT2D eigenvalue weighted by Crippen LogP contribution is 2.41. The van der Waals surface area contributed by atoms with Crippen LogP contribution in [0.5, 0.6) is 0 Å². The molecular weight excluding hydrogens is 798 g/mol. The molecule has 1 aliphatic carbocycles. The van der Waals surface area contributed by atoms with E-state index in [1.165, 1.54) is 0 Å². The molecule has 4 unspecified atom stereocenters. The molecule has 4 rings (SSSR count). The Kier molecular flexibility index (Phi) is 16.0. The summed E-state index contributed by atoms with van der Waals surface area (Å²) in [6.07, 6.45) is -27.9. The fourth-order valence-corrected chi connectivity index (χ4v) is 6.58. The molecule has 33 heteroatoms. The van der Waals surface area contributed by atoms with Crippen LogP contribution < -0.4 is 0 Å². The van der Waals surface area contributed by atoms with Crippen LogP contribution in [0.3, 0.4) is 0 Å². The number of alkyl halides is 2. The zero-order valence-electron chi connectivity index (χ0n) is 29.5. The van der Waals surface area contributed by atoms with Crippen molar-refractivity contribution >= 4 is 5.97 Å². The van der Waals surface area contributed by atoms with Gasteiger partial charge in [0.25, 0.3) is 5.92 Å². The second-order valence-electron chi connectivity index (χ2n) is 12.8. The Labute approximate surface area is 321 Å². The summed E-state index contributed by atoms with van der Waals surface area (Å²) >= 11 is 0. The minimum Gasteiger partial charge on any atom is -0.463 e. The number of esters is 1. The topological polar surface area (TPSA) is 475 Å². The van der Waals surface area contributed by atoms with Crippen molar-refractivity contribution in [3.63, 3.8) is 0 Å². The van der Waals surface area contributed by atoms with Crippen molar-refractivity contribution in [2.45, 2.75) is 129 Å². The standard InChI is InChI=1S/C25H34F2N18O13/c1-6(46)52-5-11-18(57-22-12(38-44-32)15(49)14(48)9(53-22)3-34-40-28)16(50)23(55-11)58-19-13(47)7(36-42-30)2-8(37-43-31)17(19)56-24-20(39-45-33)25(26,27)21(51)10(54-24)4-35-41-29/h7-24,47-51H,2-5H2,1H3/t7?,8?,9-,10+,11+,12?,13-,14+,15+,16+,17+,18+,19+,20?,21+,22+,23-,24+/m0/s1. The minimum atomic E-state index is -4.33. The van der Waals surface area contributed by atoms with Gasteiger partial charge in [0.1, 0.15) is 49.3 Å². The minimum absolute atomic E-state index is 0.528. The van der Waals surface area contributed by atoms with E-state index in [2.05, 4.69) is 60.2 Å². The average Bonchev–Trinajstić information content (AvgIpc) is 3.47. The highest BCUT2D eigenvalue weighted by Gasteiger charge is 2.61. The molecule has 0 spiro atoms. The number of hydrogen-bond acceptors (Lipinski definition) is 19. The number of rotatable bonds is 16. The smallest absolute Gasteiger partial charge is 0.302 e. The van der Waals surface area contributed by atoms with E-state index < -0.39 is 148 Å². The van der Waals surface area contributed by atoms with Crippen molar-refractivity contribution in [2.24, 2.45) is 30.7 Å². The van der Waals surface area contributed by atoms with Crippen LogP contribution in [-0.2, 0) is 38.0 Å². The van der Waals surface area contributed by atoms with Crippen LogP contribution in [0.2, 0.25) is 0 Å². The van der Waals surface area contributed by atoms with Crippen molar-refractivity contribution in [3.8, 4) is 0 Å². The van der Waals surface area contributed by atoms with E-state index in [4.69, 9.17) is 55.3 Å². The van der Waals surface area contributed by atoms with Crippen LogP contribution in [0.15, 0.2) is 30.7 Å². The van der Waals surface area contributed by atoms with E-state index >= 15 is 8.78 Å². The molecule has 31 nitrogen and oxygen atoms in total. The van der Waals surface area contributed by atoms with Gasteiger partial charge < -0.3 is 58.7 Å². The maximum atomic E-state index is 15.5. The maximum Gasteiger partial charge on any atom is 0.302 e. The Morgan fingerprint density at radius 3 is 1.81 bits per heavy atom. The summed E-state index contributed by atoms with van der Waals surface area (Å²) in [6, 6.07) is -7.49. The van der Waals surface area contributed by atoms with Gasteiger partial charge >= 0.3 is 5.97 Å². The van der Waals surface area contributed by atoms with E-state index in [0.717, 1.165) is 6.92 Å². The first kappa shape index (κ1) is 45.5. The summed E-state index contributed by atoms with van der Waals surface area (Å²) in [5.74, 6) is -5.18. The third-order valence-corrected chi connectivity index (χ3v) is 9.32. The molecule has 4 fully saturated rings. The predicted octanol–water partition coefficient (Wildman–Crippen LogP) is 1.06. The summed E-state index contributed by atoms with van der Waals surface area (Å²) < 4.78 is 70.4. The van der Waals surface area contributed by atoms with Gasteiger partial charge in [-0.25, -0.2) is 8.78 Å². The van der Waals surface area contributed by atoms with E-state index in [1.54, 1.807) is 0 Å². The van der Waals surface area contributed by atoms with Gasteiger partial charge in [0.05, 0.1) is 55.7 Å². The number of aliphatic hydroxyl groups excluding tert-OH is 5. The Morgan fingerprint density at radius 1 is 0.655 bits per heavy atom. The molecule has 3 aliphatic heterocycles. The Bertz CT molecular complexity index is 1770. The third-order valence-electron chi connectivity index (χ3n) is 9.32. The number of carbonyl (C=O) groups excluding carboxylic acids is 1. The average molecular weight is 833 g/mol. The lowest BCUT2D eigenvalue weighted by Gasteiger charge is -2.47. The molecule has 3 saturated heterocycles. The Morgan fingerprint density at radius 2 is 1.21 bits per heavy atom. The lowest BCUT2D eigenvalue weighted by Crippen LogP contribution is -2.65. The first-order valence-electron chi connectivity index (χ1n) is 16.7. The molecule has 316 valence electrons. The van der Waals surface area contributed by atoms with Gasteiger partial charge in [-0.1, -0.05) is 30.7 Å². The summed E-state index contributed by atoms with van der Waals surface area (Å²) in [6.45, 7) is -1.14. The number of aliphatic hydroxyl groups is 5. The third kappa shape index (κ3) is 10.1. The summed E-state index contributed by atoms with van der Waals surface area (Å²) in [7, 11) is 0. The van der Waals surface area contributed by atoms with Gasteiger partial charge in [-0.3, -0.25) is 4.79 Å². The fraction of sp³-hybridized carbons (Fsp3) is 0.960. The van der Waals surface area contributed by atoms with Gasteiger partial charge in [-0.2, -0.15) is 0 Å². The normalized spacial score (nSPS) is 40.4. The largest absolute Gasteiger partial charge is 0.463 e. The maximum absolute atomic E-state index is 15.5. The van der Waals surface area contributed by atoms with Gasteiger partial charge in [0, 0.05) is 36.4 Å². The molecule has 0 radical (unpaired) electrons. The first-order chi connectivity index (χ1) is 27.7. The van der Waals surface area contributed by atoms with Crippen LogP contribution in [0.1, 0.15) is 13.3 Å². The molecule has 1 saturated carbocycles. The van der Waals surface area contributed by atoms with Crippen LogP contribution in [0, 0.1) is 0 Å². The molecule has 58 heavy (non-hydrogen) atoms. The molecule has 0 aromatic rings. The monoisotopic (exact) mass is 832 g/mol. The highest BCUT2D eigenvalue weighted by atomic mass is 19.3. The quantitative estimate of drug-likeness (QED) is 0.0629. The Hall–Kier alpha value is -5.25. The number of nitrogens with zero attached hydrogens (tertiary/aromatic N) is 18. The second kappa shape index (κ2) is 20.4. The second-order valence-corrected chi connectivity index (χ2v) is 12.8. The predicted molar refractivity (Wildman–Crippen MR) is 177 cm³/mol. The molecular formula is C25H34F2N18O13. The van der Waals surface area contributed by atoms with Gasteiger partial charge in [0.15, 0.2) is 24.9 Å². The number of ether oxygens (including phenoxy) is 7. The van der Waals surface area contributed by atoms with Crippen LogP contribution in [-0.4, -0.2) is 167 Å². The Balaban J connectivity index is 1.73. The summed E-state index contributed by atoms with van der Waals surface area (Å²) in [5.41, 5.74) is 54.3. The van der Waals surface area contributed by atoms with Crippen molar-refractivity contribution < 1.29 is 72.3 Å². The number of hydrogen-bond donors (Lipinski definition) is 5. The van der Waals surface area contributed by atoms with Crippen LogP contribution >= 0.6 is 0 Å². The van der Waals surface area contributed by atoms with E-state index in [-0.39, 0.29) is 0 Å². The first-order valence-corrected chi connectivity index (χ1v) is 16.7. The van der Waals surface area contributed by atoms with Crippen LogP contribution in [0.25, 0.3) is 62.7 Å². The highest BCUT2D eigenvalue weighted by molar-refractivity contribution is 5.65. The molecule has 4 aliphatic rings. The molecule has 0 amide bonds. The fourth-order valence-electron chi connectivity index (χ4n) is 6.58. The van der Waals surface area contributed by atoms with Gasteiger partial charge in [-0.15, -0.1) is 0 Å². The number of azide groups is 6. The zero-order valence-corrected chi connectivity index (χ0v) is 29.5. The van der Waals surface area contributed by atoms with Gasteiger partial charge in [0.2, 0.25) is 0 Å². The van der Waals surface area contributed by atoms with E-state index in [0.29, 0.717) is 0 Å². The molecule has 5 N–H and O–H groups in total. The molecule has 3 heterocycles. The SMILES string of the molecule is CC(=O)OC[C@H]1O[C@@H](O[C@H]2[C@H](O[C@H]3O[C@H](CN=[N+]=[N-])[C@@H](O)C(F)(F)C3N=[N+]=[N-])C(N=[N+]=[N-])CC(N=[N+]=[N-])[C@@H]2O)[C@H](O)[C@@H]1O[C@H]1O[C@@H](CN=[N+]=[N-])[C@@H](O)[C@H](O)C1N=[N+]=[N-]. The lowest BCUT2D eigenvalue weighted by atomic mass is 9.84. The van der Waals surface area contributed by atoms with Crippen molar-refractivity contribution in [2.75, 3.05) is 19.7 Å². The number of halogens is 2. The molecule has 0 aromatic heterocycles. The zero-order chi connectivity index (χ0) is 42.7. The summed E-state index contributed by atoms with van der Waals surface area (Å²) in [4.78, 5) is 27.1. The van der Waals surface area contributed by atoms with E-state index in [9.17, 15) is 41.4 Å². The van der Waals surface area contributed by atoms with Crippen molar-refractivity contribution in [3.05, 3.63) is 62.7 Å².